The van der Waals surface area contributed by atoms with Crippen molar-refractivity contribution < 1.29 is 0 Å². The number of anilines is 4. The molecule has 0 aliphatic heterocycles. The zero-order valence-corrected chi connectivity index (χ0v) is 29.6. The summed E-state index contributed by atoms with van der Waals surface area (Å²) in [6.07, 6.45) is 12.4. The smallest absolute Gasteiger partial charge is 0.132 e. The summed E-state index contributed by atoms with van der Waals surface area (Å²) in [6, 6.07) is 32.6. The number of nitrogens with two attached hydrogens (primary N) is 4. The molecule has 51 heavy (non-hydrogen) atoms. The average Bonchev–Trinajstić information content (AvgIpc) is 3.15. The van der Waals surface area contributed by atoms with Gasteiger partial charge in [-0.2, -0.15) is 0 Å². The third-order valence-electron chi connectivity index (χ3n) is 10.3. The van der Waals surface area contributed by atoms with E-state index in [1.54, 1.807) is 0 Å². The first-order chi connectivity index (χ1) is 24.8. The van der Waals surface area contributed by atoms with Gasteiger partial charge in [-0.3, -0.25) is 0 Å². The van der Waals surface area contributed by atoms with Gasteiger partial charge in [0.25, 0.3) is 0 Å². The fourth-order valence-electron chi connectivity index (χ4n) is 7.48. The minimum Gasteiger partial charge on any atom is -0.383 e. The van der Waals surface area contributed by atoms with Crippen molar-refractivity contribution in [1.82, 2.24) is 9.97 Å². The molecule has 0 atom stereocenters. The van der Waals surface area contributed by atoms with Crippen LogP contribution >= 0.6 is 11.6 Å². The Balaban J connectivity index is 0.000000159. The normalized spacial score (nSPS) is 20.4. The van der Waals surface area contributed by atoms with Gasteiger partial charge in [0.15, 0.2) is 0 Å². The number of rotatable bonds is 6. The second-order valence-electron chi connectivity index (χ2n) is 14.0. The second-order valence-corrected chi connectivity index (χ2v) is 14.4. The molecule has 2 aromatic heterocycles. The largest absolute Gasteiger partial charge is 0.383 e. The van der Waals surface area contributed by atoms with Gasteiger partial charge in [-0.25, -0.2) is 9.97 Å². The maximum atomic E-state index is 6.59. The van der Waals surface area contributed by atoms with Crippen LogP contribution in [-0.4, -0.2) is 34.1 Å². The van der Waals surface area contributed by atoms with E-state index in [-0.39, 0.29) is 0 Å². The fourth-order valence-corrected chi connectivity index (χ4v) is 7.79. The van der Waals surface area contributed by atoms with E-state index < -0.39 is 0 Å². The molecule has 2 heterocycles. The van der Waals surface area contributed by atoms with E-state index in [0.717, 1.165) is 107 Å². The predicted molar refractivity (Wildman–Crippen MR) is 216 cm³/mol. The molecule has 8 rings (SSSR count). The lowest BCUT2D eigenvalue weighted by atomic mass is 9.91. The summed E-state index contributed by atoms with van der Waals surface area (Å²) in [4.78, 5) is 8.74. The highest BCUT2D eigenvalue weighted by Gasteiger charge is 2.20. The molecule has 0 radical (unpaired) electrons. The van der Waals surface area contributed by atoms with Gasteiger partial charge in [0.2, 0.25) is 0 Å². The summed E-state index contributed by atoms with van der Waals surface area (Å²) in [5, 5.41) is 11.9. The zero-order valence-electron chi connectivity index (χ0n) is 28.9. The van der Waals surface area contributed by atoms with Crippen molar-refractivity contribution in [3.05, 3.63) is 108 Å². The van der Waals surface area contributed by atoms with Crippen LogP contribution in [0.15, 0.2) is 103 Å². The molecule has 0 spiro atoms. The Hall–Kier alpha value is -4.89. The number of nitrogen functional groups attached to an aromatic ring is 2. The van der Waals surface area contributed by atoms with E-state index in [9.17, 15) is 0 Å². The zero-order chi connectivity index (χ0) is 35.3. The van der Waals surface area contributed by atoms with Crippen LogP contribution in [0.1, 0.15) is 51.4 Å². The Bertz CT molecular complexity index is 2090. The minimum absolute atomic E-state index is 0.337. The lowest BCUT2D eigenvalue weighted by Crippen LogP contribution is -2.32. The van der Waals surface area contributed by atoms with Crippen molar-refractivity contribution in [2.75, 3.05) is 22.1 Å². The highest BCUT2D eigenvalue weighted by molar-refractivity contribution is 6.37. The number of halogens is 1. The summed E-state index contributed by atoms with van der Waals surface area (Å²) >= 11 is 6.59. The molecule has 4 aromatic carbocycles. The molecule has 2 aliphatic rings. The predicted octanol–water partition coefficient (Wildman–Crippen LogP) is 8.99. The molecule has 6 aromatic rings. The lowest BCUT2D eigenvalue weighted by Gasteiger charge is -2.28. The fraction of sp³-hybridized carbons (Fsp3) is 0.286. The number of fused-ring (bicyclic) bond motifs is 2. The van der Waals surface area contributed by atoms with Crippen molar-refractivity contribution in [1.29, 1.82) is 0 Å². The Kier molecular flexibility index (Phi) is 10.5. The summed E-state index contributed by atoms with van der Waals surface area (Å²) in [7, 11) is 0. The summed E-state index contributed by atoms with van der Waals surface area (Å²) < 4.78 is 0. The van der Waals surface area contributed by atoms with Gasteiger partial charge >= 0.3 is 0 Å². The molecule has 0 unspecified atom stereocenters. The molecule has 8 nitrogen and oxygen atoms in total. The third-order valence-corrected chi connectivity index (χ3v) is 10.6. The van der Waals surface area contributed by atoms with Gasteiger partial charge in [-0.1, -0.05) is 72.3 Å². The maximum absolute atomic E-state index is 6.59. The SMILES string of the molecule is Nc1ncc(-c2ccccc2)c2cc(NC3CCC(N)CC3)cc(Cl)c12.Nc1ncc(-c2ccccc2)c2cc(NC3CCC(N)CC3)ccc12. The number of nitrogens with zero attached hydrogens (tertiary/aromatic N) is 2. The van der Waals surface area contributed by atoms with E-state index in [0.29, 0.717) is 40.8 Å². The van der Waals surface area contributed by atoms with Crippen LogP contribution in [0.2, 0.25) is 5.02 Å². The van der Waals surface area contributed by atoms with E-state index >= 15 is 0 Å². The molecular formula is C42H47ClN8. The average molecular weight is 699 g/mol. The molecule has 0 bridgehead atoms. The molecule has 0 saturated heterocycles. The van der Waals surface area contributed by atoms with Crippen molar-refractivity contribution in [2.24, 2.45) is 11.5 Å². The Morgan fingerprint density at radius 1 is 0.529 bits per heavy atom. The summed E-state index contributed by atoms with van der Waals surface area (Å²) in [5.74, 6) is 1.03. The molecule has 10 N–H and O–H groups in total. The number of nitrogens with one attached hydrogen (secondary N) is 2. The van der Waals surface area contributed by atoms with Gasteiger partial charge in [0.05, 0.1) is 5.02 Å². The monoisotopic (exact) mass is 698 g/mol. The highest BCUT2D eigenvalue weighted by Crippen LogP contribution is 2.38. The van der Waals surface area contributed by atoms with Crippen molar-refractivity contribution in [3.8, 4) is 22.3 Å². The molecule has 2 aliphatic carbocycles. The lowest BCUT2D eigenvalue weighted by molar-refractivity contribution is 0.411. The van der Waals surface area contributed by atoms with Crippen LogP contribution in [-0.2, 0) is 0 Å². The Morgan fingerprint density at radius 3 is 1.59 bits per heavy atom. The van der Waals surface area contributed by atoms with Crippen LogP contribution < -0.4 is 33.6 Å². The number of hydrogen-bond donors (Lipinski definition) is 6. The summed E-state index contributed by atoms with van der Waals surface area (Å²) in [5.41, 5.74) is 30.8. The van der Waals surface area contributed by atoms with Gasteiger partial charge in [-0.15, -0.1) is 0 Å². The third kappa shape index (κ3) is 8.04. The first-order valence-corrected chi connectivity index (χ1v) is 18.4. The van der Waals surface area contributed by atoms with Crippen LogP contribution in [0.5, 0.6) is 0 Å². The van der Waals surface area contributed by atoms with Gasteiger partial charge in [0, 0.05) is 69.8 Å². The quantitative estimate of drug-likeness (QED) is 0.101. The van der Waals surface area contributed by atoms with Crippen molar-refractivity contribution in [2.45, 2.75) is 75.5 Å². The standard InChI is InChI=1S/C21H23ClN4.C21H24N4/c22-19-11-16(26-15-8-6-14(23)7-9-15)10-17-18(12-25-21(24)20(17)19)13-4-2-1-3-5-13;22-15-6-8-16(9-7-15)25-17-10-11-18-19(12-17)20(13-24-21(18)23)14-4-2-1-3-5-14/h1-5,10-12,14-15,26H,6-9,23H2,(H2,24,25);1-5,10-13,15-16,25H,6-9,22H2,(H2,23,24). The Labute approximate surface area is 305 Å². The molecule has 262 valence electrons. The Morgan fingerprint density at radius 2 is 1.02 bits per heavy atom. The summed E-state index contributed by atoms with van der Waals surface area (Å²) in [6.45, 7) is 0. The van der Waals surface area contributed by atoms with E-state index in [4.69, 9.17) is 34.5 Å². The second kappa shape index (κ2) is 15.6. The van der Waals surface area contributed by atoms with Gasteiger partial charge in [-0.05, 0) is 104 Å². The molecule has 2 saturated carbocycles. The molecule has 9 heteroatoms. The maximum Gasteiger partial charge on any atom is 0.132 e. The van der Waals surface area contributed by atoms with Crippen LogP contribution in [0, 0.1) is 0 Å². The molecule has 2 fully saturated rings. The van der Waals surface area contributed by atoms with Crippen LogP contribution in [0.4, 0.5) is 23.0 Å². The van der Waals surface area contributed by atoms with Crippen molar-refractivity contribution in [3.63, 3.8) is 0 Å². The van der Waals surface area contributed by atoms with E-state index in [2.05, 4.69) is 69.1 Å². The van der Waals surface area contributed by atoms with Gasteiger partial charge in [0.1, 0.15) is 11.6 Å². The topological polar surface area (TPSA) is 154 Å². The number of aromatic nitrogens is 2. The van der Waals surface area contributed by atoms with Crippen LogP contribution in [0.25, 0.3) is 43.8 Å². The molecular weight excluding hydrogens is 652 g/mol. The van der Waals surface area contributed by atoms with E-state index in [1.807, 2.05) is 54.9 Å². The van der Waals surface area contributed by atoms with Crippen LogP contribution in [0.3, 0.4) is 0 Å². The minimum atomic E-state index is 0.337. The number of pyridine rings is 2. The van der Waals surface area contributed by atoms with Crippen molar-refractivity contribution >= 4 is 56.2 Å². The molecule has 0 amide bonds. The first-order valence-electron chi connectivity index (χ1n) is 18.0. The van der Waals surface area contributed by atoms with Gasteiger partial charge < -0.3 is 33.6 Å². The number of hydrogen-bond acceptors (Lipinski definition) is 8. The van der Waals surface area contributed by atoms with E-state index in [1.165, 1.54) is 0 Å². The number of benzene rings is 4. The first kappa shape index (κ1) is 34.6. The highest BCUT2D eigenvalue weighted by atomic mass is 35.5.